The molecule has 0 aliphatic carbocycles. The number of hydrogen-bond donors (Lipinski definition) is 0. The van der Waals surface area contributed by atoms with Gasteiger partial charge in [0.25, 0.3) is 0 Å². The van der Waals surface area contributed by atoms with Crippen LogP contribution in [0, 0.1) is 11.7 Å². The molecule has 1 nitrogen and oxygen atoms in total. The standard InChI is InChI=1S/C13H16BrClFN/c14-8-10-3-5-17(6-4-10)9-11-7-12(15)1-2-13(11)16/h1-2,7,10H,3-6,8-9H2. The molecule has 0 bridgehead atoms. The van der Waals surface area contributed by atoms with Gasteiger partial charge in [-0.15, -0.1) is 0 Å². The van der Waals surface area contributed by atoms with Crippen molar-refractivity contribution >= 4 is 27.5 Å². The van der Waals surface area contributed by atoms with Gasteiger partial charge in [0, 0.05) is 22.5 Å². The van der Waals surface area contributed by atoms with Gasteiger partial charge in [0.1, 0.15) is 5.82 Å². The number of hydrogen-bond acceptors (Lipinski definition) is 1. The van der Waals surface area contributed by atoms with E-state index in [-0.39, 0.29) is 5.82 Å². The first-order valence-electron chi connectivity index (χ1n) is 5.91. The lowest BCUT2D eigenvalue weighted by Gasteiger charge is -2.31. The lowest BCUT2D eigenvalue weighted by Crippen LogP contribution is -2.33. The van der Waals surface area contributed by atoms with E-state index in [1.54, 1.807) is 12.1 Å². The third kappa shape index (κ3) is 3.67. The van der Waals surface area contributed by atoms with E-state index in [0.29, 0.717) is 17.1 Å². The van der Waals surface area contributed by atoms with Crippen LogP contribution in [-0.2, 0) is 6.54 Å². The summed E-state index contributed by atoms with van der Waals surface area (Å²) in [6.45, 7) is 2.76. The van der Waals surface area contributed by atoms with Gasteiger partial charge in [-0.25, -0.2) is 4.39 Å². The molecule has 1 aliphatic heterocycles. The molecule has 1 saturated heterocycles. The number of alkyl halides is 1. The molecule has 0 amide bonds. The van der Waals surface area contributed by atoms with Crippen LogP contribution in [-0.4, -0.2) is 23.3 Å². The zero-order chi connectivity index (χ0) is 12.3. The van der Waals surface area contributed by atoms with E-state index < -0.39 is 0 Å². The van der Waals surface area contributed by atoms with Gasteiger partial charge in [0.15, 0.2) is 0 Å². The molecular formula is C13H16BrClFN. The summed E-state index contributed by atoms with van der Waals surface area (Å²) in [5, 5.41) is 1.68. The Labute approximate surface area is 115 Å². The van der Waals surface area contributed by atoms with Crippen LogP contribution >= 0.6 is 27.5 Å². The molecule has 4 heteroatoms. The maximum atomic E-state index is 13.6. The lowest BCUT2D eigenvalue weighted by atomic mass is 9.99. The predicted molar refractivity (Wildman–Crippen MR) is 73.2 cm³/mol. The summed E-state index contributed by atoms with van der Waals surface area (Å²) in [4.78, 5) is 2.30. The Kier molecular flexibility index (Phi) is 4.83. The minimum atomic E-state index is -0.156. The van der Waals surface area contributed by atoms with Gasteiger partial charge in [-0.1, -0.05) is 27.5 Å². The molecule has 1 aromatic carbocycles. The molecule has 2 rings (SSSR count). The number of halogens is 3. The van der Waals surface area contributed by atoms with Gasteiger partial charge in [-0.05, 0) is 50.0 Å². The van der Waals surface area contributed by atoms with Crippen molar-refractivity contribution in [2.45, 2.75) is 19.4 Å². The van der Waals surface area contributed by atoms with Crippen molar-refractivity contribution in [1.29, 1.82) is 0 Å². The fraction of sp³-hybridized carbons (Fsp3) is 0.538. The third-order valence-electron chi connectivity index (χ3n) is 3.33. The maximum absolute atomic E-state index is 13.6. The summed E-state index contributed by atoms with van der Waals surface area (Å²) in [6.07, 6.45) is 2.38. The van der Waals surface area contributed by atoms with Crippen LogP contribution in [0.1, 0.15) is 18.4 Å². The van der Waals surface area contributed by atoms with E-state index in [1.165, 1.54) is 18.9 Å². The van der Waals surface area contributed by atoms with Crippen molar-refractivity contribution in [3.63, 3.8) is 0 Å². The summed E-state index contributed by atoms with van der Waals surface area (Å²) in [5.74, 6) is 0.618. The van der Waals surface area contributed by atoms with Gasteiger partial charge in [0.05, 0.1) is 0 Å². The SMILES string of the molecule is Fc1ccc(Cl)cc1CN1CCC(CBr)CC1. The highest BCUT2D eigenvalue weighted by molar-refractivity contribution is 9.09. The molecule has 0 atom stereocenters. The number of nitrogens with zero attached hydrogens (tertiary/aromatic N) is 1. The Morgan fingerprint density at radius 1 is 1.35 bits per heavy atom. The summed E-state index contributed by atoms with van der Waals surface area (Å²) in [5.41, 5.74) is 0.704. The lowest BCUT2D eigenvalue weighted by molar-refractivity contribution is 0.185. The van der Waals surface area contributed by atoms with Crippen LogP contribution in [0.15, 0.2) is 18.2 Å². The van der Waals surface area contributed by atoms with E-state index in [4.69, 9.17) is 11.6 Å². The minimum Gasteiger partial charge on any atom is -0.299 e. The summed E-state index contributed by atoms with van der Waals surface area (Å²) < 4.78 is 13.6. The van der Waals surface area contributed by atoms with Crippen LogP contribution in [0.4, 0.5) is 4.39 Å². The first kappa shape index (κ1) is 13.3. The van der Waals surface area contributed by atoms with Crippen LogP contribution < -0.4 is 0 Å². The van der Waals surface area contributed by atoms with E-state index in [2.05, 4.69) is 20.8 Å². The molecule has 0 aromatic heterocycles. The molecule has 0 N–H and O–H groups in total. The van der Waals surface area contributed by atoms with Crippen LogP contribution in [0.5, 0.6) is 0 Å². The Bertz CT molecular complexity index is 378. The fourth-order valence-corrected chi connectivity index (χ4v) is 3.05. The largest absolute Gasteiger partial charge is 0.299 e. The fourth-order valence-electron chi connectivity index (χ4n) is 2.20. The molecule has 94 valence electrons. The highest BCUT2D eigenvalue weighted by atomic mass is 79.9. The van der Waals surface area contributed by atoms with Gasteiger partial charge in [-0.2, -0.15) is 0 Å². The Hall–Kier alpha value is -0.120. The zero-order valence-corrected chi connectivity index (χ0v) is 12.0. The van der Waals surface area contributed by atoms with Crippen molar-refractivity contribution in [3.8, 4) is 0 Å². The van der Waals surface area contributed by atoms with Crippen LogP contribution in [0.25, 0.3) is 0 Å². The average Bonchev–Trinajstić information content (AvgIpc) is 2.35. The van der Waals surface area contributed by atoms with Crippen molar-refractivity contribution < 1.29 is 4.39 Å². The first-order chi connectivity index (χ1) is 8.19. The average molecular weight is 321 g/mol. The van der Waals surface area contributed by atoms with Gasteiger partial charge >= 0.3 is 0 Å². The highest BCUT2D eigenvalue weighted by Gasteiger charge is 2.19. The monoisotopic (exact) mass is 319 g/mol. The molecule has 0 radical (unpaired) electrons. The molecule has 17 heavy (non-hydrogen) atoms. The predicted octanol–water partition coefficient (Wildman–Crippen LogP) is 4.09. The Morgan fingerprint density at radius 3 is 2.71 bits per heavy atom. The molecule has 0 unspecified atom stereocenters. The molecular weight excluding hydrogens is 305 g/mol. The normalized spacial score (nSPS) is 18.5. The second-order valence-electron chi connectivity index (χ2n) is 4.61. The van der Waals surface area contributed by atoms with E-state index in [0.717, 1.165) is 24.3 Å². The highest BCUT2D eigenvalue weighted by Crippen LogP contribution is 2.22. The second kappa shape index (κ2) is 6.17. The number of rotatable bonds is 3. The van der Waals surface area contributed by atoms with E-state index in [1.807, 2.05) is 0 Å². The first-order valence-corrected chi connectivity index (χ1v) is 7.41. The van der Waals surface area contributed by atoms with Crippen LogP contribution in [0.2, 0.25) is 5.02 Å². The number of piperidine rings is 1. The second-order valence-corrected chi connectivity index (χ2v) is 5.69. The Morgan fingerprint density at radius 2 is 2.06 bits per heavy atom. The summed E-state index contributed by atoms with van der Waals surface area (Å²) in [7, 11) is 0. The molecule has 1 aliphatic rings. The molecule has 1 aromatic rings. The van der Waals surface area contributed by atoms with E-state index >= 15 is 0 Å². The number of benzene rings is 1. The zero-order valence-electron chi connectivity index (χ0n) is 9.63. The molecule has 0 saturated carbocycles. The molecule has 1 fully saturated rings. The third-order valence-corrected chi connectivity index (χ3v) is 4.48. The number of likely N-dealkylation sites (tertiary alicyclic amines) is 1. The molecule has 1 heterocycles. The quantitative estimate of drug-likeness (QED) is 0.758. The van der Waals surface area contributed by atoms with Crippen molar-refractivity contribution in [3.05, 3.63) is 34.6 Å². The topological polar surface area (TPSA) is 3.24 Å². The smallest absolute Gasteiger partial charge is 0.127 e. The minimum absolute atomic E-state index is 0.156. The van der Waals surface area contributed by atoms with E-state index in [9.17, 15) is 4.39 Å². The van der Waals surface area contributed by atoms with Crippen molar-refractivity contribution in [2.75, 3.05) is 18.4 Å². The molecule has 0 spiro atoms. The van der Waals surface area contributed by atoms with Gasteiger partial charge < -0.3 is 0 Å². The van der Waals surface area contributed by atoms with Crippen molar-refractivity contribution in [1.82, 2.24) is 4.90 Å². The maximum Gasteiger partial charge on any atom is 0.127 e. The Balaban J connectivity index is 1.95. The van der Waals surface area contributed by atoms with Crippen molar-refractivity contribution in [2.24, 2.45) is 5.92 Å². The van der Waals surface area contributed by atoms with Gasteiger partial charge in [0.2, 0.25) is 0 Å². The summed E-state index contributed by atoms with van der Waals surface area (Å²) >= 11 is 9.41. The van der Waals surface area contributed by atoms with Crippen LogP contribution in [0.3, 0.4) is 0 Å². The van der Waals surface area contributed by atoms with Gasteiger partial charge in [-0.3, -0.25) is 4.90 Å². The summed E-state index contributed by atoms with van der Waals surface area (Å²) in [6, 6.07) is 4.77.